The van der Waals surface area contributed by atoms with Gasteiger partial charge in [-0.2, -0.15) is 10.2 Å². The largest absolute Gasteiger partial charge is 0.496 e. The number of rotatable bonds is 8. The summed E-state index contributed by atoms with van der Waals surface area (Å²) in [4.78, 5) is 14.5. The number of hydrogen-bond acceptors (Lipinski definition) is 4. The molecule has 2 aliphatic rings. The Morgan fingerprint density at radius 1 is 1.31 bits per heavy atom. The van der Waals surface area contributed by atoms with Crippen LogP contribution < -0.4 is 4.74 Å². The molecule has 0 saturated carbocycles. The number of para-hydroxylation sites is 1. The minimum Gasteiger partial charge on any atom is -0.496 e. The molecule has 0 unspecified atom stereocenters. The van der Waals surface area contributed by atoms with Crippen LogP contribution in [0.25, 0.3) is 0 Å². The topological polar surface area (TPSA) is 54.3 Å². The molecule has 1 amide bonds. The summed E-state index contributed by atoms with van der Waals surface area (Å²) < 4.78 is 5.45. The Hall–Kier alpha value is -2.35. The SMILES string of the molecule is C#CCCC1(CCC(=O)N2CCC(Cc3ccccc3OC)CC2)N=N1. The summed E-state index contributed by atoms with van der Waals surface area (Å²) in [5, 5.41) is 8.22. The van der Waals surface area contributed by atoms with E-state index in [4.69, 9.17) is 11.2 Å². The Kier molecular flexibility index (Phi) is 5.92. The van der Waals surface area contributed by atoms with Gasteiger partial charge in [0.25, 0.3) is 0 Å². The summed E-state index contributed by atoms with van der Waals surface area (Å²) in [5.41, 5.74) is 0.900. The van der Waals surface area contributed by atoms with Crippen LogP contribution in [-0.4, -0.2) is 36.7 Å². The second kappa shape index (κ2) is 8.35. The van der Waals surface area contributed by atoms with E-state index in [1.54, 1.807) is 7.11 Å². The van der Waals surface area contributed by atoms with Gasteiger partial charge in [0, 0.05) is 38.8 Å². The van der Waals surface area contributed by atoms with Crippen LogP contribution in [-0.2, 0) is 11.2 Å². The second-order valence-corrected chi connectivity index (χ2v) is 7.23. The van der Waals surface area contributed by atoms with Crippen molar-refractivity contribution in [1.82, 2.24) is 4.90 Å². The molecule has 5 nitrogen and oxygen atoms in total. The quantitative estimate of drug-likeness (QED) is 0.667. The van der Waals surface area contributed by atoms with Crippen molar-refractivity contribution < 1.29 is 9.53 Å². The van der Waals surface area contributed by atoms with Gasteiger partial charge in [-0.25, -0.2) is 0 Å². The van der Waals surface area contributed by atoms with E-state index in [0.717, 1.165) is 44.5 Å². The first kappa shape index (κ1) is 18.4. The maximum Gasteiger partial charge on any atom is 0.222 e. The number of carbonyl (C=O) groups excluding carboxylic acids is 1. The molecule has 0 atom stereocenters. The molecule has 1 saturated heterocycles. The summed E-state index contributed by atoms with van der Waals surface area (Å²) in [6.07, 6.45) is 11.0. The molecule has 0 N–H and O–H groups in total. The van der Waals surface area contributed by atoms with Gasteiger partial charge in [-0.3, -0.25) is 4.79 Å². The van der Waals surface area contributed by atoms with Gasteiger partial charge in [-0.1, -0.05) is 18.2 Å². The second-order valence-electron chi connectivity index (χ2n) is 7.23. The van der Waals surface area contributed by atoms with Gasteiger partial charge in [-0.15, -0.1) is 12.3 Å². The highest BCUT2D eigenvalue weighted by Gasteiger charge is 2.39. The standard InChI is InChI=1S/C21H27N3O2/c1-3-4-12-21(22-23-21)13-9-20(25)24-14-10-17(11-15-24)16-18-7-5-6-8-19(18)26-2/h1,5-8,17H,4,9-16H2,2H3. The van der Waals surface area contributed by atoms with Crippen molar-refractivity contribution in [2.75, 3.05) is 20.2 Å². The van der Waals surface area contributed by atoms with Crippen molar-refractivity contribution in [3.63, 3.8) is 0 Å². The number of terminal acetylenes is 1. The number of carbonyl (C=O) groups is 1. The molecule has 138 valence electrons. The lowest BCUT2D eigenvalue weighted by Crippen LogP contribution is -2.39. The Balaban J connectivity index is 1.42. The van der Waals surface area contributed by atoms with Crippen LogP contribution in [0.4, 0.5) is 0 Å². The van der Waals surface area contributed by atoms with E-state index in [-0.39, 0.29) is 11.6 Å². The molecule has 0 aliphatic carbocycles. The zero-order valence-electron chi connectivity index (χ0n) is 15.5. The third-order valence-electron chi connectivity index (χ3n) is 5.46. The maximum absolute atomic E-state index is 12.5. The van der Waals surface area contributed by atoms with E-state index in [1.807, 2.05) is 17.0 Å². The summed E-state index contributed by atoms with van der Waals surface area (Å²) in [6, 6.07) is 8.20. The molecular formula is C21H27N3O2. The van der Waals surface area contributed by atoms with Crippen LogP contribution in [0, 0.1) is 18.3 Å². The number of hydrogen-bond donors (Lipinski definition) is 0. The average Bonchev–Trinajstić information content (AvgIpc) is 3.46. The van der Waals surface area contributed by atoms with Crippen LogP contribution in [0.1, 0.15) is 44.1 Å². The van der Waals surface area contributed by atoms with Crippen molar-refractivity contribution >= 4 is 5.91 Å². The first-order valence-electron chi connectivity index (χ1n) is 9.43. The number of amides is 1. The summed E-state index contributed by atoms with van der Waals surface area (Å²) >= 11 is 0. The molecule has 1 fully saturated rings. The molecule has 0 bridgehead atoms. The highest BCUT2D eigenvalue weighted by Crippen LogP contribution is 2.38. The Bertz CT molecular complexity index is 693. The van der Waals surface area contributed by atoms with Gasteiger partial charge in [-0.05, 0) is 36.8 Å². The van der Waals surface area contributed by atoms with E-state index < -0.39 is 0 Å². The van der Waals surface area contributed by atoms with Gasteiger partial charge in [0.05, 0.1) is 7.11 Å². The maximum atomic E-state index is 12.5. The Morgan fingerprint density at radius 2 is 2.04 bits per heavy atom. The molecule has 0 spiro atoms. The third-order valence-corrected chi connectivity index (χ3v) is 5.46. The smallest absolute Gasteiger partial charge is 0.222 e. The number of piperidine rings is 1. The van der Waals surface area contributed by atoms with Crippen LogP contribution in [0.5, 0.6) is 5.75 Å². The van der Waals surface area contributed by atoms with Gasteiger partial charge in [0.2, 0.25) is 5.91 Å². The summed E-state index contributed by atoms with van der Waals surface area (Å²) in [6.45, 7) is 1.68. The van der Waals surface area contributed by atoms with Gasteiger partial charge < -0.3 is 9.64 Å². The molecule has 3 rings (SSSR count). The fourth-order valence-corrected chi connectivity index (χ4v) is 3.70. The van der Waals surface area contributed by atoms with E-state index in [9.17, 15) is 4.79 Å². The zero-order valence-corrected chi connectivity index (χ0v) is 15.5. The normalized spacial score (nSPS) is 18.4. The fraction of sp³-hybridized carbons (Fsp3) is 0.571. The van der Waals surface area contributed by atoms with Crippen molar-refractivity contribution in [3.8, 4) is 18.1 Å². The summed E-state index contributed by atoms with van der Waals surface area (Å²) in [5.74, 6) is 4.40. The number of likely N-dealkylation sites (tertiary alicyclic amines) is 1. The summed E-state index contributed by atoms with van der Waals surface area (Å²) in [7, 11) is 1.72. The van der Waals surface area contributed by atoms with E-state index in [1.165, 1.54) is 5.56 Å². The molecular weight excluding hydrogens is 326 g/mol. The van der Waals surface area contributed by atoms with Crippen LogP contribution >= 0.6 is 0 Å². The molecule has 26 heavy (non-hydrogen) atoms. The first-order valence-corrected chi connectivity index (χ1v) is 9.43. The van der Waals surface area contributed by atoms with Crippen LogP contribution in [0.3, 0.4) is 0 Å². The highest BCUT2D eigenvalue weighted by atomic mass is 16.5. The van der Waals surface area contributed by atoms with E-state index in [2.05, 4.69) is 28.3 Å². The molecule has 0 aromatic heterocycles. The number of benzene rings is 1. The average molecular weight is 353 g/mol. The number of nitrogens with zero attached hydrogens (tertiary/aromatic N) is 3. The molecule has 2 heterocycles. The Morgan fingerprint density at radius 3 is 2.69 bits per heavy atom. The molecule has 0 radical (unpaired) electrons. The van der Waals surface area contributed by atoms with E-state index >= 15 is 0 Å². The fourth-order valence-electron chi connectivity index (χ4n) is 3.70. The highest BCUT2D eigenvalue weighted by molar-refractivity contribution is 5.76. The van der Waals surface area contributed by atoms with Crippen molar-refractivity contribution in [2.45, 2.75) is 50.6 Å². The minimum absolute atomic E-state index is 0.220. The van der Waals surface area contributed by atoms with E-state index in [0.29, 0.717) is 25.2 Å². The lowest BCUT2D eigenvalue weighted by atomic mass is 9.89. The first-order chi connectivity index (χ1) is 12.7. The Labute approximate surface area is 155 Å². The number of methoxy groups -OCH3 is 1. The minimum atomic E-state index is -0.357. The lowest BCUT2D eigenvalue weighted by molar-refractivity contribution is -0.132. The third kappa shape index (κ3) is 4.63. The van der Waals surface area contributed by atoms with Crippen molar-refractivity contribution in [3.05, 3.63) is 29.8 Å². The molecule has 2 aliphatic heterocycles. The van der Waals surface area contributed by atoms with Gasteiger partial charge >= 0.3 is 0 Å². The predicted molar refractivity (Wildman–Crippen MR) is 101 cm³/mol. The zero-order chi connectivity index (χ0) is 18.4. The van der Waals surface area contributed by atoms with Gasteiger partial charge in [0.1, 0.15) is 5.75 Å². The van der Waals surface area contributed by atoms with Gasteiger partial charge in [0.15, 0.2) is 5.66 Å². The number of ether oxygens (including phenoxy) is 1. The monoisotopic (exact) mass is 353 g/mol. The predicted octanol–water partition coefficient (Wildman–Crippen LogP) is 3.83. The molecule has 1 aromatic carbocycles. The molecule has 1 aromatic rings. The van der Waals surface area contributed by atoms with Crippen molar-refractivity contribution in [1.29, 1.82) is 0 Å². The van der Waals surface area contributed by atoms with Crippen molar-refractivity contribution in [2.24, 2.45) is 16.1 Å². The molecule has 5 heteroatoms. The lowest BCUT2D eigenvalue weighted by Gasteiger charge is -2.32. The van der Waals surface area contributed by atoms with Crippen LogP contribution in [0.15, 0.2) is 34.5 Å². The van der Waals surface area contributed by atoms with Crippen LogP contribution in [0.2, 0.25) is 0 Å².